The minimum atomic E-state index is -0.455. The number of hydrogen-bond donors (Lipinski definition) is 1. The first-order valence-corrected chi connectivity index (χ1v) is 6.82. The van der Waals surface area contributed by atoms with Gasteiger partial charge < -0.3 is 5.73 Å². The summed E-state index contributed by atoms with van der Waals surface area (Å²) in [5.74, 6) is -0.896. The lowest BCUT2D eigenvalue weighted by Gasteiger charge is -2.09. The van der Waals surface area contributed by atoms with Gasteiger partial charge in [-0.15, -0.1) is 0 Å². The fourth-order valence-electron chi connectivity index (χ4n) is 1.47. The molecule has 0 fully saturated rings. The third kappa shape index (κ3) is 3.10. The van der Waals surface area contributed by atoms with Gasteiger partial charge in [0.25, 0.3) is 0 Å². The highest BCUT2D eigenvalue weighted by Gasteiger charge is 2.09. The van der Waals surface area contributed by atoms with E-state index in [2.05, 4.69) is 15.9 Å². The summed E-state index contributed by atoms with van der Waals surface area (Å²) in [5, 5.41) is 0. The first kappa shape index (κ1) is 13.5. The Balaban J connectivity index is 2.38. The highest BCUT2D eigenvalue weighted by atomic mass is 79.9. The molecule has 18 heavy (non-hydrogen) atoms. The average Bonchev–Trinajstić information content (AvgIpc) is 2.34. The number of nitrogens with two attached hydrogens (primary N) is 1. The molecule has 2 aromatic carbocycles. The highest BCUT2D eigenvalue weighted by Crippen LogP contribution is 2.34. The Kier molecular flexibility index (Phi) is 4.37. The molecule has 0 aromatic heterocycles. The van der Waals surface area contributed by atoms with Gasteiger partial charge >= 0.3 is 0 Å². The van der Waals surface area contributed by atoms with Gasteiger partial charge in [-0.25, -0.2) is 8.78 Å². The average molecular weight is 330 g/mol. The summed E-state index contributed by atoms with van der Waals surface area (Å²) in [6, 6.07) is 8.98. The second kappa shape index (κ2) is 5.82. The number of rotatable bonds is 3. The molecule has 2 rings (SSSR count). The van der Waals surface area contributed by atoms with Crippen LogP contribution in [0.3, 0.4) is 0 Å². The maximum atomic E-state index is 13.6. The van der Waals surface area contributed by atoms with Crippen molar-refractivity contribution in [1.82, 2.24) is 0 Å². The fourth-order valence-corrected chi connectivity index (χ4v) is 3.02. The van der Waals surface area contributed by atoms with Crippen molar-refractivity contribution < 1.29 is 8.78 Å². The van der Waals surface area contributed by atoms with Crippen LogP contribution < -0.4 is 5.73 Å². The molecular weight excluding hydrogens is 320 g/mol. The lowest BCUT2D eigenvalue weighted by atomic mass is 10.2. The van der Waals surface area contributed by atoms with E-state index in [9.17, 15) is 8.78 Å². The Labute approximate surface area is 117 Å². The molecule has 0 amide bonds. The minimum absolute atomic E-state index is 0.253. The van der Waals surface area contributed by atoms with Crippen molar-refractivity contribution in [3.8, 4) is 0 Å². The maximum absolute atomic E-state index is 13.6. The Morgan fingerprint density at radius 3 is 2.56 bits per heavy atom. The van der Waals surface area contributed by atoms with E-state index in [0.29, 0.717) is 6.54 Å². The van der Waals surface area contributed by atoms with E-state index >= 15 is 0 Å². The summed E-state index contributed by atoms with van der Waals surface area (Å²) in [5.41, 5.74) is 6.52. The summed E-state index contributed by atoms with van der Waals surface area (Å²) in [6.45, 7) is 0.354. The van der Waals surface area contributed by atoms with E-state index in [4.69, 9.17) is 5.73 Å². The molecule has 0 saturated heterocycles. The van der Waals surface area contributed by atoms with Crippen molar-refractivity contribution in [3.05, 3.63) is 58.1 Å². The van der Waals surface area contributed by atoms with Crippen LogP contribution in [0, 0.1) is 11.6 Å². The van der Waals surface area contributed by atoms with Crippen LogP contribution in [0.25, 0.3) is 0 Å². The van der Waals surface area contributed by atoms with Crippen molar-refractivity contribution >= 4 is 27.7 Å². The molecular formula is C13H10BrF2NS. The largest absolute Gasteiger partial charge is 0.326 e. The fraction of sp³-hybridized carbons (Fsp3) is 0.0769. The number of halogens is 3. The predicted molar refractivity (Wildman–Crippen MR) is 72.5 cm³/mol. The zero-order chi connectivity index (χ0) is 13.1. The van der Waals surface area contributed by atoms with Crippen LogP contribution in [-0.2, 0) is 6.54 Å². The molecule has 2 N–H and O–H groups in total. The predicted octanol–water partition coefficient (Wildman–Crippen LogP) is 4.34. The SMILES string of the molecule is NCc1ccc(Br)cc1Sc1cc(F)ccc1F. The van der Waals surface area contributed by atoms with Crippen LogP contribution in [0.2, 0.25) is 0 Å². The molecule has 0 bridgehead atoms. The molecule has 0 aliphatic carbocycles. The van der Waals surface area contributed by atoms with Gasteiger partial charge in [0.1, 0.15) is 11.6 Å². The Morgan fingerprint density at radius 2 is 1.83 bits per heavy atom. The zero-order valence-electron chi connectivity index (χ0n) is 9.29. The first-order valence-electron chi connectivity index (χ1n) is 5.21. The van der Waals surface area contributed by atoms with Gasteiger partial charge in [0.05, 0.1) is 4.90 Å². The topological polar surface area (TPSA) is 26.0 Å². The van der Waals surface area contributed by atoms with Crippen LogP contribution in [0.4, 0.5) is 8.78 Å². The van der Waals surface area contributed by atoms with Crippen LogP contribution in [0.15, 0.2) is 50.7 Å². The monoisotopic (exact) mass is 329 g/mol. The third-order valence-electron chi connectivity index (χ3n) is 2.36. The van der Waals surface area contributed by atoms with Crippen molar-refractivity contribution in [2.75, 3.05) is 0 Å². The van der Waals surface area contributed by atoms with Crippen LogP contribution in [-0.4, -0.2) is 0 Å². The van der Waals surface area contributed by atoms with Crippen molar-refractivity contribution in [3.63, 3.8) is 0 Å². The molecule has 0 unspecified atom stereocenters. The van der Waals surface area contributed by atoms with Gasteiger partial charge in [0, 0.05) is 15.9 Å². The second-order valence-corrected chi connectivity index (χ2v) is 5.63. The maximum Gasteiger partial charge on any atom is 0.137 e. The summed E-state index contributed by atoms with van der Waals surface area (Å²) >= 11 is 4.52. The van der Waals surface area contributed by atoms with E-state index in [-0.39, 0.29) is 4.90 Å². The Bertz CT molecular complexity index is 575. The van der Waals surface area contributed by atoms with E-state index in [1.54, 1.807) is 0 Å². The molecule has 1 nitrogen and oxygen atoms in total. The summed E-state index contributed by atoms with van der Waals surface area (Å²) in [7, 11) is 0. The Morgan fingerprint density at radius 1 is 1.06 bits per heavy atom. The van der Waals surface area contributed by atoms with Gasteiger partial charge in [-0.05, 0) is 35.9 Å². The van der Waals surface area contributed by atoms with Crippen LogP contribution in [0.5, 0.6) is 0 Å². The molecule has 2 aromatic rings. The van der Waals surface area contributed by atoms with E-state index in [0.717, 1.165) is 27.1 Å². The second-order valence-electron chi connectivity index (χ2n) is 3.63. The molecule has 0 aliphatic heterocycles. The molecule has 94 valence electrons. The van der Waals surface area contributed by atoms with Gasteiger partial charge in [-0.2, -0.15) is 0 Å². The molecule has 0 saturated carbocycles. The van der Waals surface area contributed by atoms with E-state index in [1.807, 2.05) is 18.2 Å². The third-order valence-corrected chi connectivity index (χ3v) is 3.99. The highest BCUT2D eigenvalue weighted by molar-refractivity contribution is 9.10. The van der Waals surface area contributed by atoms with Crippen molar-refractivity contribution in [2.24, 2.45) is 5.73 Å². The van der Waals surface area contributed by atoms with Crippen molar-refractivity contribution in [1.29, 1.82) is 0 Å². The molecule has 0 atom stereocenters. The van der Waals surface area contributed by atoms with E-state index in [1.165, 1.54) is 17.8 Å². The zero-order valence-corrected chi connectivity index (χ0v) is 11.7. The lowest BCUT2D eigenvalue weighted by molar-refractivity contribution is 0.577. The van der Waals surface area contributed by atoms with Gasteiger partial charge in [0.2, 0.25) is 0 Å². The van der Waals surface area contributed by atoms with E-state index < -0.39 is 11.6 Å². The number of hydrogen-bond acceptors (Lipinski definition) is 2. The molecule has 0 heterocycles. The van der Waals surface area contributed by atoms with Crippen molar-refractivity contribution in [2.45, 2.75) is 16.3 Å². The molecule has 0 radical (unpaired) electrons. The molecule has 0 aliphatic rings. The smallest absolute Gasteiger partial charge is 0.137 e. The quantitative estimate of drug-likeness (QED) is 0.906. The van der Waals surface area contributed by atoms with Gasteiger partial charge in [0.15, 0.2) is 0 Å². The summed E-state index contributed by atoms with van der Waals surface area (Å²) in [4.78, 5) is 1.07. The molecule has 5 heteroatoms. The van der Waals surface area contributed by atoms with Gasteiger partial charge in [-0.1, -0.05) is 33.8 Å². The lowest BCUT2D eigenvalue weighted by Crippen LogP contribution is -1.98. The van der Waals surface area contributed by atoms with Crippen LogP contribution in [0.1, 0.15) is 5.56 Å². The normalized spacial score (nSPS) is 10.7. The minimum Gasteiger partial charge on any atom is -0.326 e. The summed E-state index contributed by atoms with van der Waals surface area (Å²) in [6.07, 6.45) is 0. The Hall–Kier alpha value is -0.910. The molecule has 0 spiro atoms. The van der Waals surface area contributed by atoms with Gasteiger partial charge in [-0.3, -0.25) is 0 Å². The standard InChI is InChI=1S/C13H10BrF2NS/c14-9-2-1-8(7-17)12(5-9)18-13-6-10(15)3-4-11(13)16/h1-6H,7,17H2. The summed E-state index contributed by atoms with van der Waals surface area (Å²) < 4.78 is 27.5. The first-order chi connectivity index (χ1) is 8.60. The van der Waals surface area contributed by atoms with Crippen LogP contribution >= 0.6 is 27.7 Å². The number of benzene rings is 2.